The minimum absolute atomic E-state index is 0.00502. The van der Waals surface area contributed by atoms with Gasteiger partial charge in [-0.15, -0.1) is 0 Å². The van der Waals surface area contributed by atoms with Gasteiger partial charge in [-0.05, 0) is 25.7 Å². The van der Waals surface area contributed by atoms with Crippen LogP contribution in [0.5, 0.6) is 0 Å². The molecule has 3 fully saturated rings. The maximum Gasteiger partial charge on any atom is 0.322 e. The van der Waals surface area contributed by atoms with E-state index in [9.17, 15) is 14.4 Å². The van der Waals surface area contributed by atoms with E-state index in [1.807, 2.05) is 0 Å². The van der Waals surface area contributed by atoms with Gasteiger partial charge in [0.2, 0.25) is 5.91 Å². The normalized spacial score (nSPS) is 27.6. The van der Waals surface area contributed by atoms with Crippen LogP contribution in [0.25, 0.3) is 0 Å². The molecule has 4 N–H and O–H groups in total. The van der Waals surface area contributed by atoms with Crippen molar-refractivity contribution < 1.29 is 14.4 Å². The molecular weight excluding hydrogens is 260 g/mol. The first kappa shape index (κ1) is 13.4. The number of likely N-dealkylation sites (tertiary alicyclic amines) is 1. The Balaban J connectivity index is 1.65. The van der Waals surface area contributed by atoms with Crippen molar-refractivity contribution in [1.29, 1.82) is 0 Å². The highest BCUT2D eigenvalue weighted by Crippen LogP contribution is 2.32. The summed E-state index contributed by atoms with van der Waals surface area (Å²) in [6.45, 7) is 0.928. The molecule has 4 amide bonds. The first-order chi connectivity index (χ1) is 9.45. The van der Waals surface area contributed by atoms with Crippen LogP contribution >= 0.6 is 0 Å². The second-order valence-electron chi connectivity index (χ2n) is 6.15. The highest BCUT2D eigenvalue weighted by Gasteiger charge is 2.50. The molecule has 1 aliphatic carbocycles. The lowest BCUT2D eigenvalue weighted by Gasteiger charge is -2.40. The van der Waals surface area contributed by atoms with Crippen LogP contribution in [0, 0.1) is 0 Å². The summed E-state index contributed by atoms with van der Waals surface area (Å²) in [7, 11) is 0. The highest BCUT2D eigenvalue weighted by molar-refractivity contribution is 6.07. The van der Waals surface area contributed by atoms with E-state index < -0.39 is 17.1 Å². The Hall–Kier alpha value is -1.63. The summed E-state index contributed by atoms with van der Waals surface area (Å²) in [5.74, 6) is -0.285. The van der Waals surface area contributed by atoms with Gasteiger partial charge in [-0.2, -0.15) is 0 Å². The molecule has 2 saturated heterocycles. The molecule has 7 nitrogen and oxygen atoms in total. The van der Waals surface area contributed by atoms with Crippen molar-refractivity contribution in [3.05, 3.63) is 0 Å². The summed E-state index contributed by atoms with van der Waals surface area (Å²) >= 11 is 0. The fourth-order valence-electron chi connectivity index (χ4n) is 3.51. The fourth-order valence-corrected chi connectivity index (χ4v) is 3.51. The maximum absolute atomic E-state index is 12.5. The van der Waals surface area contributed by atoms with Crippen LogP contribution in [0.4, 0.5) is 4.79 Å². The summed E-state index contributed by atoms with van der Waals surface area (Å²) < 4.78 is 0. The fraction of sp³-hybridized carbons (Fsp3) is 0.769. The van der Waals surface area contributed by atoms with Crippen LogP contribution in [-0.4, -0.2) is 46.9 Å². The first-order valence-corrected chi connectivity index (χ1v) is 7.17. The molecule has 3 rings (SSSR count). The smallest absolute Gasteiger partial charge is 0.322 e. The summed E-state index contributed by atoms with van der Waals surface area (Å²) in [4.78, 5) is 37.3. The molecule has 20 heavy (non-hydrogen) atoms. The third-order valence-electron chi connectivity index (χ3n) is 4.84. The number of hydrogen-bond acceptors (Lipinski definition) is 4. The van der Waals surface area contributed by atoms with Crippen LogP contribution in [0.15, 0.2) is 0 Å². The Morgan fingerprint density at radius 1 is 1.10 bits per heavy atom. The SMILES string of the molecule is NC1(C(=O)N2CCC3(CC2)NC(=O)NC3=O)CCCC1. The monoisotopic (exact) mass is 280 g/mol. The summed E-state index contributed by atoms with van der Waals surface area (Å²) in [5.41, 5.74) is 4.64. The molecule has 110 valence electrons. The van der Waals surface area contributed by atoms with Gasteiger partial charge in [-0.25, -0.2) is 4.79 Å². The number of carbonyl (C=O) groups excluding carboxylic acids is 3. The Morgan fingerprint density at radius 3 is 2.20 bits per heavy atom. The van der Waals surface area contributed by atoms with E-state index in [1.165, 1.54) is 0 Å². The molecule has 1 spiro atoms. The van der Waals surface area contributed by atoms with Crippen molar-refractivity contribution in [2.24, 2.45) is 5.73 Å². The number of hydrogen-bond donors (Lipinski definition) is 3. The summed E-state index contributed by atoms with van der Waals surface area (Å²) in [5, 5.41) is 4.96. The zero-order valence-electron chi connectivity index (χ0n) is 11.4. The number of nitrogens with two attached hydrogens (primary N) is 1. The minimum Gasteiger partial charge on any atom is -0.341 e. The Labute approximate surface area is 117 Å². The van der Waals surface area contributed by atoms with E-state index in [2.05, 4.69) is 10.6 Å². The molecule has 3 aliphatic rings. The van der Waals surface area contributed by atoms with Crippen LogP contribution in [0.1, 0.15) is 38.5 Å². The lowest BCUT2D eigenvalue weighted by atomic mass is 9.86. The number of nitrogens with zero attached hydrogens (tertiary/aromatic N) is 1. The second-order valence-corrected chi connectivity index (χ2v) is 6.15. The molecular formula is C13H20N4O3. The molecule has 2 heterocycles. The van der Waals surface area contributed by atoms with Gasteiger partial charge in [0, 0.05) is 13.1 Å². The average Bonchev–Trinajstić information content (AvgIpc) is 2.96. The van der Waals surface area contributed by atoms with Crippen molar-refractivity contribution in [1.82, 2.24) is 15.5 Å². The van der Waals surface area contributed by atoms with E-state index in [1.54, 1.807) is 4.90 Å². The zero-order valence-corrected chi connectivity index (χ0v) is 11.4. The van der Waals surface area contributed by atoms with Crippen LogP contribution in [-0.2, 0) is 9.59 Å². The van der Waals surface area contributed by atoms with Gasteiger partial charge in [0.1, 0.15) is 5.54 Å². The number of piperidine rings is 1. The standard InChI is InChI=1S/C13H20N4O3/c14-12(3-1-2-4-12)10(19)17-7-5-13(6-8-17)9(18)15-11(20)16-13/h1-8,14H2,(H2,15,16,18,20). The van der Waals surface area contributed by atoms with Crippen molar-refractivity contribution >= 4 is 17.8 Å². The predicted molar refractivity (Wildman–Crippen MR) is 70.6 cm³/mol. The van der Waals surface area contributed by atoms with Crippen molar-refractivity contribution in [2.45, 2.75) is 49.6 Å². The number of imide groups is 1. The molecule has 0 unspecified atom stereocenters. The molecule has 0 radical (unpaired) electrons. The lowest BCUT2D eigenvalue weighted by molar-refractivity contribution is -0.140. The number of amides is 4. The van der Waals surface area contributed by atoms with Crippen LogP contribution in [0.3, 0.4) is 0 Å². The van der Waals surface area contributed by atoms with Gasteiger partial charge in [0.25, 0.3) is 5.91 Å². The molecule has 1 saturated carbocycles. The van der Waals surface area contributed by atoms with Crippen molar-refractivity contribution in [3.63, 3.8) is 0 Å². The van der Waals surface area contributed by atoms with E-state index in [0.29, 0.717) is 25.9 Å². The van der Waals surface area contributed by atoms with Gasteiger partial charge < -0.3 is 16.0 Å². The van der Waals surface area contributed by atoms with Crippen LogP contribution in [0.2, 0.25) is 0 Å². The topological polar surface area (TPSA) is 105 Å². The molecule has 0 aromatic rings. The van der Waals surface area contributed by atoms with Gasteiger partial charge >= 0.3 is 6.03 Å². The summed E-state index contributed by atoms with van der Waals surface area (Å²) in [6, 6.07) is -0.444. The molecule has 0 bridgehead atoms. The Kier molecular flexibility index (Phi) is 2.97. The number of urea groups is 1. The largest absolute Gasteiger partial charge is 0.341 e. The Bertz CT molecular complexity index is 462. The van der Waals surface area contributed by atoms with Gasteiger partial charge in [-0.1, -0.05) is 12.8 Å². The lowest BCUT2D eigenvalue weighted by Crippen LogP contribution is -2.60. The molecule has 2 aliphatic heterocycles. The number of nitrogens with one attached hydrogen (secondary N) is 2. The van der Waals surface area contributed by atoms with E-state index >= 15 is 0 Å². The van der Waals surface area contributed by atoms with E-state index in [0.717, 1.165) is 25.7 Å². The van der Waals surface area contributed by atoms with E-state index in [4.69, 9.17) is 5.73 Å². The van der Waals surface area contributed by atoms with Crippen LogP contribution < -0.4 is 16.4 Å². The van der Waals surface area contributed by atoms with Crippen molar-refractivity contribution in [3.8, 4) is 0 Å². The minimum atomic E-state index is -0.828. The highest BCUT2D eigenvalue weighted by atomic mass is 16.2. The maximum atomic E-state index is 12.5. The average molecular weight is 280 g/mol. The zero-order chi connectivity index (χ0) is 14.4. The number of carbonyl (C=O) groups is 3. The quantitative estimate of drug-likeness (QED) is 0.561. The van der Waals surface area contributed by atoms with E-state index in [-0.39, 0.29) is 11.8 Å². The molecule has 0 atom stereocenters. The van der Waals surface area contributed by atoms with Gasteiger partial charge in [0.15, 0.2) is 0 Å². The second kappa shape index (κ2) is 4.44. The molecule has 7 heteroatoms. The Morgan fingerprint density at radius 2 is 1.70 bits per heavy atom. The predicted octanol–water partition coefficient (Wildman–Crippen LogP) is -0.541. The molecule has 0 aromatic heterocycles. The number of rotatable bonds is 1. The third kappa shape index (κ3) is 1.96. The summed E-state index contributed by atoms with van der Waals surface area (Å²) in [6.07, 6.45) is 4.38. The van der Waals surface area contributed by atoms with Gasteiger partial charge in [-0.3, -0.25) is 14.9 Å². The van der Waals surface area contributed by atoms with Crippen molar-refractivity contribution in [2.75, 3.05) is 13.1 Å². The first-order valence-electron chi connectivity index (χ1n) is 7.17. The third-order valence-corrected chi connectivity index (χ3v) is 4.84. The van der Waals surface area contributed by atoms with Gasteiger partial charge in [0.05, 0.1) is 5.54 Å². The molecule has 0 aromatic carbocycles.